The smallest absolute Gasteiger partial charge is 0.340 e. The van der Waals surface area contributed by atoms with Gasteiger partial charge in [0.1, 0.15) is 0 Å². The molecular formula is C30H21ClN2O7S. The number of benzene rings is 4. The summed E-state index contributed by atoms with van der Waals surface area (Å²) in [6.07, 6.45) is 0. The summed E-state index contributed by atoms with van der Waals surface area (Å²) in [6.45, 7) is 0.103. The topological polar surface area (TPSA) is 111 Å². The van der Waals surface area contributed by atoms with Crippen molar-refractivity contribution in [3.05, 3.63) is 106 Å². The zero-order chi connectivity index (χ0) is 28.7. The molecule has 4 aromatic rings. The molecule has 2 heterocycles. The zero-order valence-electron chi connectivity index (χ0n) is 21.5. The largest absolute Gasteiger partial charge is 0.465 e. The molecule has 0 aliphatic carbocycles. The summed E-state index contributed by atoms with van der Waals surface area (Å²) >= 11 is 6.21. The second-order valence-electron chi connectivity index (χ2n) is 9.17. The summed E-state index contributed by atoms with van der Waals surface area (Å²) in [4.78, 5) is 42.0. The molecule has 0 fully saturated rings. The maximum atomic E-state index is 13.8. The van der Waals surface area contributed by atoms with Crippen molar-refractivity contribution < 1.29 is 32.8 Å². The molecule has 206 valence electrons. The molecule has 0 spiro atoms. The molecule has 0 radical (unpaired) electrons. The van der Waals surface area contributed by atoms with Gasteiger partial charge in [-0.25, -0.2) is 9.00 Å². The lowest BCUT2D eigenvalue weighted by Crippen LogP contribution is -2.30. The number of nitrogens with one attached hydrogen (secondary N) is 1. The molecule has 0 saturated carbocycles. The molecule has 11 heteroatoms. The van der Waals surface area contributed by atoms with E-state index in [1.54, 1.807) is 48.5 Å². The molecule has 2 aliphatic rings. The zero-order valence-corrected chi connectivity index (χ0v) is 23.1. The third-order valence-electron chi connectivity index (χ3n) is 6.67. The summed E-state index contributed by atoms with van der Waals surface area (Å²) in [6, 6.07) is 21.3. The quantitative estimate of drug-likeness (QED) is 0.309. The number of esters is 1. The first-order chi connectivity index (χ1) is 19.8. The van der Waals surface area contributed by atoms with Crippen LogP contribution in [0.2, 0.25) is 5.02 Å². The minimum atomic E-state index is -1.69. The minimum Gasteiger partial charge on any atom is -0.465 e. The Morgan fingerprint density at radius 3 is 2.54 bits per heavy atom. The number of fused-ring (bicyclic) bond motifs is 3. The van der Waals surface area contributed by atoms with E-state index in [-0.39, 0.29) is 36.1 Å². The van der Waals surface area contributed by atoms with Crippen LogP contribution in [-0.4, -0.2) is 35.9 Å². The number of hydrogen-bond donors (Lipinski definition) is 1. The highest BCUT2D eigenvalue weighted by Crippen LogP contribution is 2.39. The molecular weight excluding hydrogens is 568 g/mol. The van der Waals surface area contributed by atoms with E-state index in [4.69, 9.17) is 25.8 Å². The van der Waals surface area contributed by atoms with Gasteiger partial charge in [0.2, 0.25) is 6.79 Å². The highest BCUT2D eigenvalue weighted by Gasteiger charge is 2.32. The summed E-state index contributed by atoms with van der Waals surface area (Å²) < 4.78 is 29.3. The molecule has 2 amide bonds. The van der Waals surface area contributed by atoms with Crippen LogP contribution < -0.4 is 19.7 Å². The van der Waals surface area contributed by atoms with Gasteiger partial charge in [0.15, 0.2) is 11.5 Å². The lowest BCUT2D eigenvalue weighted by molar-refractivity contribution is 0.0601. The van der Waals surface area contributed by atoms with Gasteiger partial charge in [-0.1, -0.05) is 35.9 Å². The number of hydrogen-bond acceptors (Lipinski definition) is 7. The summed E-state index contributed by atoms with van der Waals surface area (Å²) in [7, 11) is -0.463. The van der Waals surface area contributed by atoms with Crippen LogP contribution in [0.25, 0.3) is 0 Å². The number of methoxy groups -OCH3 is 1. The first-order valence-corrected chi connectivity index (χ1v) is 13.9. The molecule has 6 rings (SSSR count). The van der Waals surface area contributed by atoms with Gasteiger partial charge in [0.25, 0.3) is 11.8 Å². The molecule has 1 N–H and O–H groups in total. The number of amides is 2. The lowest BCUT2D eigenvalue weighted by atomic mass is 10.1. The maximum absolute atomic E-state index is 13.8. The Kier molecular flexibility index (Phi) is 6.94. The standard InChI is InChI=1S/C30H21ClN2O7S/c1-38-30(36)21-13-24-25(40-16-39-24)14-22(21)32-28(34)18-9-10-27-23(12-18)33(15-17-5-4-6-19(31)11-17)29(35)20-7-2-3-8-26(20)41(27)37/h2-14H,15-16H2,1H3,(H,32,34)/t41-/m0/s1. The number of anilines is 2. The van der Waals surface area contributed by atoms with Crippen molar-refractivity contribution in [2.24, 2.45) is 0 Å². The molecule has 4 aromatic carbocycles. The van der Waals surface area contributed by atoms with E-state index < -0.39 is 22.7 Å². The molecule has 0 unspecified atom stereocenters. The predicted octanol–water partition coefficient (Wildman–Crippen LogP) is 5.43. The van der Waals surface area contributed by atoms with Gasteiger partial charge in [-0.3, -0.25) is 9.59 Å². The second-order valence-corrected chi connectivity index (χ2v) is 11.0. The Morgan fingerprint density at radius 2 is 1.76 bits per heavy atom. The fourth-order valence-electron chi connectivity index (χ4n) is 4.70. The molecule has 0 aromatic heterocycles. The van der Waals surface area contributed by atoms with E-state index in [1.807, 2.05) is 6.07 Å². The van der Waals surface area contributed by atoms with Crippen molar-refractivity contribution in [3.8, 4) is 11.5 Å². The van der Waals surface area contributed by atoms with Crippen LogP contribution in [0.15, 0.2) is 88.7 Å². The predicted molar refractivity (Wildman–Crippen MR) is 151 cm³/mol. The van der Waals surface area contributed by atoms with Crippen LogP contribution >= 0.6 is 11.6 Å². The number of ether oxygens (including phenoxy) is 3. The summed E-state index contributed by atoms with van der Waals surface area (Å²) in [5.41, 5.74) is 1.77. The monoisotopic (exact) mass is 588 g/mol. The number of rotatable bonds is 5. The van der Waals surface area contributed by atoms with Crippen molar-refractivity contribution in [1.29, 1.82) is 0 Å². The van der Waals surface area contributed by atoms with Crippen molar-refractivity contribution in [2.75, 3.05) is 24.1 Å². The van der Waals surface area contributed by atoms with Gasteiger partial charge in [0.05, 0.1) is 56.7 Å². The number of carbonyl (C=O) groups is 3. The minimum absolute atomic E-state index is 0.0197. The van der Waals surface area contributed by atoms with E-state index in [1.165, 1.54) is 36.3 Å². The summed E-state index contributed by atoms with van der Waals surface area (Å²) in [5.74, 6) is -0.896. The number of nitrogens with zero attached hydrogens (tertiary/aromatic N) is 1. The van der Waals surface area contributed by atoms with Crippen LogP contribution in [-0.2, 0) is 22.1 Å². The number of halogens is 1. The lowest BCUT2D eigenvalue weighted by Gasteiger charge is -2.24. The van der Waals surface area contributed by atoms with Crippen molar-refractivity contribution >= 4 is 51.6 Å². The molecule has 1 atom stereocenters. The van der Waals surface area contributed by atoms with Gasteiger partial charge < -0.3 is 24.4 Å². The highest BCUT2D eigenvalue weighted by atomic mass is 35.5. The van der Waals surface area contributed by atoms with Gasteiger partial charge >= 0.3 is 5.97 Å². The van der Waals surface area contributed by atoms with E-state index in [0.717, 1.165) is 5.56 Å². The Labute approximate surface area is 242 Å². The van der Waals surface area contributed by atoms with Gasteiger partial charge in [-0.15, -0.1) is 0 Å². The van der Waals surface area contributed by atoms with Crippen LogP contribution in [0.1, 0.15) is 36.6 Å². The average Bonchev–Trinajstić information content (AvgIpc) is 3.43. The van der Waals surface area contributed by atoms with E-state index in [0.29, 0.717) is 37.6 Å². The number of carbonyl (C=O) groups excluding carboxylic acids is 3. The van der Waals surface area contributed by atoms with Crippen LogP contribution in [0.4, 0.5) is 11.4 Å². The van der Waals surface area contributed by atoms with Gasteiger partial charge in [-0.2, -0.15) is 0 Å². The first-order valence-electron chi connectivity index (χ1n) is 12.4. The first kappa shape index (κ1) is 26.5. The normalized spacial score (nSPS) is 15.0. The SMILES string of the molecule is COC(=O)c1cc2c(cc1NC(=O)c1ccc3c(c1)N(Cc1cccc(Cl)c1)C(=O)c1ccccc1[S@@]3=O)OCO2. The Morgan fingerprint density at radius 1 is 0.976 bits per heavy atom. The Hall–Kier alpha value is -4.67. The van der Waals surface area contributed by atoms with Crippen LogP contribution in [0.5, 0.6) is 11.5 Å². The second kappa shape index (κ2) is 10.7. The average molecular weight is 589 g/mol. The van der Waals surface area contributed by atoms with Crippen LogP contribution in [0, 0.1) is 0 Å². The third-order valence-corrected chi connectivity index (χ3v) is 8.41. The van der Waals surface area contributed by atoms with Crippen molar-refractivity contribution in [2.45, 2.75) is 16.3 Å². The van der Waals surface area contributed by atoms with E-state index >= 15 is 0 Å². The Bertz CT molecular complexity index is 1770. The summed E-state index contributed by atoms with van der Waals surface area (Å²) in [5, 5.41) is 3.24. The molecule has 9 nitrogen and oxygen atoms in total. The van der Waals surface area contributed by atoms with Crippen LogP contribution in [0.3, 0.4) is 0 Å². The van der Waals surface area contributed by atoms with Gasteiger partial charge in [-0.05, 0) is 48.0 Å². The highest BCUT2D eigenvalue weighted by molar-refractivity contribution is 7.85. The van der Waals surface area contributed by atoms with E-state index in [9.17, 15) is 18.6 Å². The third kappa shape index (κ3) is 4.92. The van der Waals surface area contributed by atoms with E-state index in [2.05, 4.69) is 5.32 Å². The fraction of sp³-hybridized carbons (Fsp3) is 0.100. The maximum Gasteiger partial charge on any atom is 0.340 e. The molecule has 2 aliphatic heterocycles. The molecule has 41 heavy (non-hydrogen) atoms. The van der Waals surface area contributed by atoms with Crippen molar-refractivity contribution in [1.82, 2.24) is 0 Å². The fourth-order valence-corrected chi connectivity index (χ4v) is 6.26. The Balaban J connectivity index is 1.42. The molecule has 0 saturated heterocycles. The van der Waals surface area contributed by atoms with Crippen molar-refractivity contribution in [3.63, 3.8) is 0 Å². The van der Waals surface area contributed by atoms with Gasteiger partial charge in [0, 0.05) is 22.7 Å². The molecule has 0 bridgehead atoms.